The summed E-state index contributed by atoms with van der Waals surface area (Å²) >= 11 is 0. The van der Waals surface area contributed by atoms with Gasteiger partial charge in [-0.2, -0.15) is 0 Å². The molecule has 0 spiro atoms. The Morgan fingerprint density at radius 2 is 1.90 bits per heavy atom. The topological polar surface area (TPSA) is 108 Å². The van der Waals surface area contributed by atoms with Crippen molar-refractivity contribution in [3.63, 3.8) is 0 Å². The molecule has 0 aliphatic heterocycles. The fourth-order valence-electron chi connectivity index (χ4n) is 1.73. The van der Waals surface area contributed by atoms with E-state index in [1.54, 1.807) is 0 Å². The summed E-state index contributed by atoms with van der Waals surface area (Å²) in [6, 6.07) is 1.39. The fourth-order valence-corrected chi connectivity index (χ4v) is 3.11. The highest BCUT2D eigenvalue weighted by Crippen LogP contribution is 2.24. The Labute approximate surface area is 121 Å². The van der Waals surface area contributed by atoms with Gasteiger partial charge in [0.1, 0.15) is 5.82 Å². The maximum Gasteiger partial charge on any atom is 0.292 e. The van der Waals surface area contributed by atoms with Gasteiger partial charge in [-0.25, -0.2) is 17.5 Å². The number of ether oxygens (including phenoxy) is 2. The number of methoxy groups -OCH3 is 2. The monoisotopic (exact) mass is 322 g/mol. The lowest BCUT2D eigenvalue weighted by Crippen LogP contribution is -2.43. The molecule has 1 rings (SSSR count). The van der Waals surface area contributed by atoms with Gasteiger partial charge in [0.2, 0.25) is 10.0 Å². The van der Waals surface area contributed by atoms with Crippen LogP contribution in [0.15, 0.2) is 23.1 Å². The molecule has 0 radical (unpaired) electrons. The third-order valence-electron chi connectivity index (χ3n) is 2.62. The number of hydrogen-bond donors (Lipinski definition) is 1. The van der Waals surface area contributed by atoms with Crippen molar-refractivity contribution in [3.8, 4) is 0 Å². The molecule has 0 bridgehead atoms. The summed E-state index contributed by atoms with van der Waals surface area (Å²) < 4.78 is 49.3. The van der Waals surface area contributed by atoms with Crippen LogP contribution in [0.3, 0.4) is 0 Å². The number of benzene rings is 1. The van der Waals surface area contributed by atoms with Crippen molar-refractivity contribution in [1.29, 1.82) is 0 Å². The van der Waals surface area contributed by atoms with Crippen LogP contribution in [0, 0.1) is 15.9 Å². The molecule has 0 saturated carbocycles. The molecule has 1 atom stereocenters. The van der Waals surface area contributed by atoms with Gasteiger partial charge in [0, 0.05) is 14.2 Å². The molecule has 0 heterocycles. The number of halogens is 1. The molecule has 0 fully saturated rings. The highest BCUT2D eigenvalue weighted by Gasteiger charge is 2.30. The molecule has 21 heavy (non-hydrogen) atoms. The molecular formula is C11H15FN2O6S. The third kappa shape index (κ3) is 4.17. The number of sulfonamides is 1. The highest BCUT2D eigenvalue weighted by atomic mass is 32.2. The average Bonchev–Trinajstić information content (AvgIpc) is 2.38. The van der Waals surface area contributed by atoms with E-state index in [4.69, 9.17) is 9.47 Å². The Balaban J connectivity index is 3.17. The lowest BCUT2D eigenvalue weighted by molar-refractivity contribution is -0.388. The van der Waals surface area contributed by atoms with Crippen LogP contribution in [0.5, 0.6) is 0 Å². The van der Waals surface area contributed by atoms with E-state index >= 15 is 0 Å². The number of nitro groups is 1. The summed E-state index contributed by atoms with van der Waals surface area (Å²) in [5, 5.41) is 10.8. The first-order valence-corrected chi connectivity index (χ1v) is 7.23. The second kappa shape index (κ2) is 6.89. The van der Waals surface area contributed by atoms with Crippen LogP contribution >= 0.6 is 0 Å². The lowest BCUT2D eigenvalue weighted by atomic mass is 10.3. The van der Waals surface area contributed by atoms with Crippen LogP contribution in [0.25, 0.3) is 0 Å². The van der Waals surface area contributed by atoms with Crippen LogP contribution in [-0.2, 0) is 19.5 Å². The second-order valence-electron chi connectivity index (χ2n) is 4.12. The molecular weight excluding hydrogens is 307 g/mol. The maximum atomic E-state index is 13.0. The first kappa shape index (κ1) is 17.4. The summed E-state index contributed by atoms with van der Waals surface area (Å²) in [5.74, 6) is -0.902. The highest BCUT2D eigenvalue weighted by molar-refractivity contribution is 7.89. The van der Waals surface area contributed by atoms with E-state index in [1.807, 2.05) is 0 Å². The Bertz CT molecular complexity index is 617. The zero-order valence-electron chi connectivity index (χ0n) is 11.6. The summed E-state index contributed by atoms with van der Waals surface area (Å²) in [6.07, 6.45) is -0.876. The van der Waals surface area contributed by atoms with Gasteiger partial charge in [-0.3, -0.25) is 10.1 Å². The van der Waals surface area contributed by atoms with E-state index in [0.29, 0.717) is 6.07 Å². The fraction of sp³-hybridized carbons (Fsp3) is 0.455. The molecule has 10 heteroatoms. The molecule has 1 N–H and O–H groups in total. The van der Waals surface area contributed by atoms with Gasteiger partial charge in [-0.15, -0.1) is 0 Å². The first-order valence-electron chi connectivity index (χ1n) is 5.74. The zero-order chi connectivity index (χ0) is 16.2. The van der Waals surface area contributed by atoms with E-state index in [1.165, 1.54) is 21.1 Å². The number of nitrogens with zero attached hydrogens (tertiary/aromatic N) is 1. The summed E-state index contributed by atoms with van der Waals surface area (Å²) in [5.41, 5.74) is -0.846. The number of hydrogen-bond acceptors (Lipinski definition) is 6. The summed E-state index contributed by atoms with van der Waals surface area (Å²) in [6.45, 7) is 1.46. The van der Waals surface area contributed by atoms with Crippen molar-refractivity contribution in [1.82, 2.24) is 4.72 Å². The molecule has 0 aliphatic rings. The predicted molar refractivity (Wildman–Crippen MR) is 70.6 cm³/mol. The Morgan fingerprint density at radius 3 is 2.38 bits per heavy atom. The van der Waals surface area contributed by atoms with Crippen LogP contribution in [0.1, 0.15) is 6.92 Å². The van der Waals surface area contributed by atoms with E-state index < -0.39 is 43.7 Å². The Hall–Kier alpha value is -1.62. The maximum absolute atomic E-state index is 13.0. The largest absolute Gasteiger partial charge is 0.354 e. The van der Waals surface area contributed by atoms with Crippen molar-refractivity contribution >= 4 is 15.7 Å². The van der Waals surface area contributed by atoms with Gasteiger partial charge in [0.15, 0.2) is 11.2 Å². The number of nitro benzene ring substituents is 1. The third-order valence-corrected chi connectivity index (χ3v) is 4.23. The molecule has 1 aromatic carbocycles. The summed E-state index contributed by atoms with van der Waals surface area (Å²) in [4.78, 5) is 9.25. The van der Waals surface area contributed by atoms with E-state index in [2.05, 4.69) is 4.72 Å². The minimum atomic E-state index is -4.24. The minimum absolute atomic E-state index is 0.545. The van der Waals surface area contributed by atoms with Gasteiger partial charge < -0.3 is 9.47 Å². The van der Waals surface area contributed by atoms with Crippen LogP contribution in [-0.4, -0.2) is 39.9 Å². The quantitative estimate of drug-likeness (QED) is 0.456. The normalized spacial score (nSPS) is 13.4. The molecule has 0 amide bonds. The van der Waals surface area contributed by atoms with Crippen LogP contribution in [0.2, 0.25) is 0 Å². The molecule has 0 aromatic heterocycles. The van der Waals surface area contributed by atoms with Crippen molar-refractivity contribution in [2.45, 2.75) is 24.2 Å². The average molecular weight is 322 g/mol. The van der Waals surface area contributed by atoms with Crippen molar-refractivity contribution < 1.29 is 27.2 Å². The van der Waals surface area contributed by atoms with Crippen molar-refractivity contribution in [2.75, 3.05) is 14.2 Å². The molecule has 0 aliphatic carbocycles. The zero-order valence-corrected chi connectivity index (χ0v) is 12.4. The second-order valence-corrected chi connectivity index (χ2v) is 5.80. The van der Waals surface area contributed by atoms with E-state index in [-0.39, 0.29) is 0 Å². The smallest absolute Gasteiger partial charge is 0.292 e. The molecule has 118 valence electrons. The predicted octanol–water partition coefficient (Wildman–Crippen LogP) is 1.02. The standard InChI is InChI=1S/C11H15FN2O6S/c1-7(11(19-2)20-3)13-21(17,18)10-5-4-8(12)6-9(10)14(15)16/h4-7,11,13H,1-3H3. The Morgan fingerprint density at radius 1 is 1.33 bits per heavy atom. The molecule has 0 saturated heterocycles. The summed E-state index contributed by atoms with van der Waals surface area (Å²) in [7, 11) is -1.60. The SMILES string of the molecule is COC(OC)C(C)NS(=O)(=O)c1ccc(F)cc1[N+](=O)[O-]. The van der Waals surface area contributed by atoms with Gasteiger partial charge in [0.05, 0.1) is 17.0 Å². The van der Waals surface area contributed by atoms with Gasteiger partial charge in [0.25, 0.3) is 5.69 Å². The van der Waals surface area contributed by atoms with Crippen molar-refractivity contribution in [3.05, 3.63) is 34.1 Å². The molecule has 1 aromatic rings. The first-order chi connectivity index (χ1) is 9.72. The van der Waals surface area contributed by atoms with Crippen LogP contribution in [0.4, 0.5) is 10.1 Å². The van der Waals surface area contributed by atoms with Gasteiger partial charge in [-0.05, 0) is 19.1 Å². The minimum Gasteiger partial charge on any atom is -0.354 e. The molecule has 1 unspecified atom stereocenters. The lowest BCUT2D eigenvalue weighted by Gasteiger charge is -2.21. The van der Waals surface area contributed by atoms with Gasteiger partial charge >= 0.3 is 0 Å². The van der Waals surface area contributed by atoms with Gasteiger partial charge in [-0.1, -0.05) is 0 Å². The van der Waals surface area contributed by atoms with Crippen LogP contribution < -0.4 is 4.72 Å². The van der Waals surface area contributed by atoms with E-state index in [0.717, 1.165) is 12.1 Å². The Kier molecular flexibility index (Phi) is 5.72. The number of rotatable bonds is 7. The number of nitrogens with one attached hydrogen (secondary N) is 1. The van der Waals surface area contributed by atoms with Crippen molar-refractivity contribution in [2.24, 2.45) is 0 Å². The van der Waals surface area contributed by atoms with E-state index in [9.17, 15) is 22.9 Å². The molecule has 8 nitrogen and oxygen atoms in total.